The van der Waals surface area contributed by atoms with Gasteiger partial charge in [0.2, 0.25) is 0 Å². The number of aromatic hydroxyl groups is 1. The number of carbonyl (C=O) groups excluding carboxylic acids is 1. The summed E-state index contributed by atoms with van der Waals surface area (Å²) in [6.07, 6.45) is 0.674. The van der Waals surface area contributed by atoms with Crippen LogP contribution < -0.4 is 0 Å². The van der Waals surface area contributed by atoms with Crippen molar-refractivity contribution in [3.8, 4) is 5.75 Å². The van der Waals surface area contributed by atoms with E-state index in [9.17, 15) is 9.90 Å². The molecule has 0 heterocycles. The summed E-state index contributed by atoms with van der Waals surface area (Å²) < 4.78 is 5.41. The molecule has 0 saturated carbocycles. The van der Waals surface area contributed by atoms with Gasteiger partial charge in [-0.25, -0.2) is 4.79 Å². The standard InChI is InChI=1S/C21H18O3/c22-20-12-11-18(15-24-21(23)17-9-5-2-6-10-17)19(14-20)13-16-7-3-1-4-8-16/h1-12,14,22H,13,15H2. The van der Waals surface area contributed by atoms with E-state index >= 15 is 0 Å². The lowest BCUT2D eigenvalue weighted by molar-refractivity contribution is 0.0472. The summed E-state index contributed by atoms with van der Waals surface area (Å²) >= 11 is 0. The summed E-state index contributed by atoms with van der Waals surface area (Å²) in [7, 11) is 0. The van der Waals surface area contributed by atoms with Crippen LogP contribution in [-0.4, -0.2) is 11.1 Å². The second kappa shape index (κ2) is 7.47. The first-order valence-electron chi connectivity index (χ1n) is 7.79. The van der Waals surface area contributed by atoms with E-state index in [1.54, 1.807) is 42.5 Å². The van der Waals surface area contributed by atoms with E-state index in [0.29, 0.717) is 12.0 Å². The van der Waals surface area contributed by atoms with Crippen molar-refractivity contribution in [3.05, 3.63) is 101 Å². The molecule has 0 aliphatic heterocycles. The summed E-state index contributed by atoms with van der Waals surface area (Å²) in [5, 5.41) is 9.76. The Morgan fingerprint density at radius 3 is 2.21 bits per heavy atom. The number of benzene rings is 3. The summed E-state index contributed by atoms with van der Waals surface area (Å²) in [5.74, 6) is -0.145. The van der Waals surface area contributed by atoms with E-state index in [2.05, 4.69) is 0 Å². The molecule has 0 aliphatic carbocycles. The molecule has 0 aromatic heterocycles. The Kier molecular flexibility index (Phi) is 4.92. The van der Waals surface area contributed by atoms with Crippen LogP contribution in [0.25, 0.3) is 0 Å². The Morgan fingerprint density at radius 1 is 0.833 bits per heavy atom. The van der Waals surface area contributed by atoms with Gasteiger partial charge in [-0.05, 0) is 47.4 Å². The van der Waals surface area contributed by atoms with Crippen molar-refractivity contribution in [2.75, 3.05) is 0 Å². The summed E-state index contributed by atoms with van der Waals surface area (Å²) in [5.41, 5.74) is 3.50. The fraction of sp³-hybridized carbons (Fsp3) is 0.0952. The lowest BCUT2D eigenvalue weighted by Gasteiger charge is -2.11. The van der Waals surface area contributed by atoms with Gasteiger partial charge < -0.3 is 9.84 Å². The summed E-state index contributed by atoms with van der Waals surface area (Å²) in [6, 6.07) is 24.0. The fourth-order valence-electron chi connectivity index (χ4n) is 2.53. The average Bonchev–Trinajstić information content (AvgIpc) is 2.62. The van der Waals surface area contributed by atoms with Crippen LogP contribution >= 0.6 is 0 Å². The Hall–Kier alpha value is -3.07. The molecular formula is C21H18O3. The maximum atomic E-state index is 12.1. The van der Waals surface area contributed by atoms with Crippen LogP contribution in [0.4, 0.5) is 0 Å². The largest absolute Gasteiger partial charge is 0.508 e. The number of rotatable bonds is 5. The monoisotopic (exact) mass is 318 g/mol. The van der Waals surface area contributed by atoms with Gasteiger partial charge in [-0.3, -0.25) is 0 Å². The van der Waals surface area contributed by atoms with Crippen molar-refractivity contribution in [3.63, 3.8) is 0 Å². The van der Waals surface area contributed by atoms with Crippen LogP contribution in [-0.2, 0) is 17.8 Å². The van der Waals surface area contributed by atoms with Crippen LogP contribution in [0.2, 0.25) is 0 Å². The predicted octanol–water partition coefficient (Wildman–Crippen LogP) is 4.34. The number of phenolic OH excluding ortho intramolecular Hbond substituents is 1. The van der Waals surface area contributed by atoms with E-state index in [1.807, 2.05) is 36.4 Å². The van der Waals surface area contributed by atoms with Gasteiger partial charge in [0, 0.05) is 0 Å². The van der Waals surface area contributed by atoms with Gasteiger partial charge in [0.05, 0.1) is 5.56 Å². The first kappa shape index (κ1) is 15.8. The lowest BCUT2D eigenvalue weighted by Crippen LogP contribution is -2.06. The number of carbonyl (C=O) groups is 1. The van der Waals surface area contributed by atoms with Crippen LogP contribution in [0.1, 0.15) is 27.0 Å². The van der Waals surface area contributed by atoms with E-state index in [0.717, 1.165) is 16.7 Å². The SMILES string of the molecule is O=C(OCc1ccc(O)cc1Cc1ccccc1)c1ccccc1. The molecule has 3 aromatic carbocycles. The molecule has 0 saturated heterocycles. The topological polar surface area (TPSA) is 46.5 Å². The predicted molar refractivity (Wildman–Crippen MR) is 92.9 cm³/mol. The highest BCUT2D eigenvalue weighted by molar-refractivity contribution is 5.89. The zero-order valence-electron chi connectivity index (χ0n) is 13.2. The molecule has 0 atom stereocenters. The molecule has 24 heavy (non-hydrogen) atoms. The number of ether oxygens (including phenoxy) is 1. The third-order valence-corrected chi connectivity index (χ3v) is 3.80. The normalized spacial score (nSPS) is 10.3. The van der Waals surface area contributed by atoms with Crippen molar-refractivity contribution in [1.82, 2.24) is 0 Å². The minimum absolute atomic E-state index is 0.177. The second-order valence-electron chi connectivity index (χ2n) is 5.56. The zero-order valence-corrected chi connectivity index (χ0v) is 13.2. The molecule has 0 bridgehead atoms. The Labute approximate surface area is 141 Å². The average molecular weight is 318 g/mol. The van der Waals surface area contributed by atoms with E-state index in [-0.39, 0.29) is 18.3 Å². The first-order chi connectivity index (χ1) is 11.7. The molecule has 1 N–H and O–H groups in total. The summed E-state index contributed by atoms with van der Waals surface area (Å²) in [6.45, 7) is 0.177. The molecule has 3 rings (SSSR count). The third kappa shape index (κ3) is 4.02. The van der Waals surface area contributed by atoms with Crippen molar-refractivity contribution in [2.24, 2.45) is 0 Å². The minimum Gasteiger partial charge on any atom is -0.508 e. The smallest absolute Gasteiger partial charge is 0.338 e. The van der Waals surface area contributed by atoms with Gasteiger partial charge in [0.25, 0.3) is 0 Å². The maximum Gasteiger partial charge on any atom is 0.338 e. The van der Waals surface area contributed by atoms with E-state index < -0.39 is 0 Å². The molecule has 3 nitrogen and oxygen atoms in total. The fourth-order valence-corrected chi connectivity index (χ4v) is 2.53. The van der Waals surface area contributed by atoms with Crippen molar-refractivity contribution >= 4 is 5.97 Å². The summed E-state index contributed by atoms with van der Waals surface area (Å²) in [4.78, 5) is 12.1. The van der Waals surface area contributed by atoms with Gasteiger partial charge in [-0.2, -0.15) is 0 Å². The Balaban J connectivity index is 1.74. The number of phenols is 1. The Bertz CT molecular complexity index is 811. The molecule has 3 aromatic rings. The number of esters is 1. The molecule has 0 spiro atoms. The lowest BCUT2D eigenvalue weighted by atomic mass is 10.00. The second-order valence-corrected chi connectivity index (χ2v) is 5.56. The van der Waals surface area contributed by atoms with Crippen LogP contribution in [0.5, 0.6) is 5.75 Å². The highest BCUT2D eigenvalue weighted by atomic mass is 16.5. The molecule has 0 fully saturated rings. The van der Waals surface area contributed by atoms with Gasteiger partial charge >= 0.3 is 5.97 Å². The van der Waals surface area contributed by atoms with Gasteiger partial charge in [-0.15, -0.1) is 0 Å². The number of hydrogen-bond acceptors (Lipinski definition) is 3. The van der Waals surface area contributed by atoms with Crippen molar-refractivity contribution in [2.45, 2.75) is 13.0 Å². The molecular weight excluding hydrogens is 300 g/mol. The van der Waals surface area contributed by atoms with Gasteiger partial charge in [0.1, 0.15) is 12.4 Å². The van der Waals surface area contributed by atoms with Crippen LogP contribution in [0, 0.1) is 0 Å². The molecule has 0 aliphatic rings. The molecule has 120 valence electrons. The van der Waals surface area contributed by atoms with Crippen LogP contribution in [0.3, 0.4) is 0 Å². The highest BCUT2D eigenvalue weighted by Crippen LogP contribution is 2.21. The first-order valence-corrected chi connectivity index (χ1v) is 7.79. The highest BCUT2D eigenvalue weighted by Gasteiger charge is 2.10. The van der Waals surface area contributed by atoms with E-state index in [1.165, 1.54) is 0 Å². The Morgan fingerprint density at radius 2 is 1.50 bits per heavy atom. The van der Waals surface area contributed by atoms with E-state index in [4.69, 9.17) is 4.74 Å². The van der Waals surface area contributed by atoms with Crippen molar-refractivity contribution in [1.29, 1.82) is 0 Å². The van der Waals surface area contributed by atoms with Gasteiger partial charge in [0.15, 0.2) is 0 Å². The maximum absolute atomic E-state index is 12.1. The number of hydrogen-bond donors (Lipinski definition) is 1. The molecule has 0 unspecified atom stereocenters. The third-order valence-electron chi connectivity index (χ3n) is 3.80. The van der Waals surface area contributed by atoms with Crippen molar-refractivity contribution < 1.29 is 14.6 Å². The zero-order chi connectivity index (χ0) is 16.8. The van der Waals surface area contributed by atoms with Crippen LogP contribution in [0.15, 0.2) is 78.9 Å². The molecule has 0 radical (unpaired) electrons. The quantitative estimate of drug-likeness (QED) is 0.712. The van der Waals surface area contributed by atoms with Gasteiger partial charge in [-0.1, -0.05) is 54.6 Å². The minimum atomic E-state index is -0.352. The molecule has 0 amide bonds. The molecule has 3 heteroatoms.